The summed E-state index contributed by atoms with van der Waals surface area (Å²) >= 11 is 0. The van der Waals surface area contributed by atoms with Gasteiger partial charge in [0.2, 0.25) is 5.91 Å². The van der Waals surface area contributed by atoms with Crippen LogP contribution in [0.4, 0.5) is 13.2 Å². The molecule has 3 aliphatic heterocycles. The molecule has 0 saturated carbocycles. The van der Waals surface area contributed by atoms with Crippen LogP contribution in [0.5, 0.6) is 0 Å². The zero-order valence-corrected chi connectivity index (χ0v) is 19.8. The first-order chi connectivity index (χ1) is 15.8. The highest BCUT2D eigenvalue weighted by Crippen LogP contribution is 2.44. The van der Waals surface area contributed by atoms with Crippen molar-refractivity contribution in [1.29, 1.82) is 0 Å². The number of piperidine rings is 1. The molecule has 1 amide bonds. The number of nitrogens with one attached hydrogen (secondary N) is 1. The third-order valence-electron chi connectivity index (χ3n) is 6.54. The maximum Gasteiger partial charge on any atom is 0.490 e. The summed E-state index contributed by atoms with van der Waals surface area (Å²) < 4.78 is 58.9. The molecule has 3 aliphatic rings. The Bertz CT molecular complexity index is 995. The predicted molar refractivity (Wildman–Crippen MR) is 115 cm³/mol. The number of carbonyl (C=O) groups is 2. The summed E-state index contributed by atoms with van der Waals surface area (Å²) in [5, 5.41) is 10.5. The van der Waals surface area contributed by atoms with Gasteiger partial charge in [0.1, 0.15) is 0 Å². The summed E-state index contributed by atoms with van der Waals surface area (Å²) in [5.74, 6) is -1.71. The molecule has 1 spiro atoms. The first-order valence-electron chi connectivity index (χ1n) is 11.0. The predicted octanol–water partition coefficient (Wildman–Crippen LogP) is 1.57. The van der Waals surface area contributed by atoms with Gasteiger partial charge in [-0.1, -0.05) is 19.9 Å². The van der Waals surface area contributed by atoms with Crippen molar-refractivity contribution in [2.75, 3.05) is 32.7 Å². The van der Waals surface area contributed by atoms with E-state index in [0.717, 1.165) is 19.6 Å². The molecular weight excluding hydrogens is 477 g/mol. The van der Waals surface area contributed by atoms with E-state index in [1.807, 2.05) is 0 Å². The number of rotatable bonds is 4. The second kappa shape index (κ2) is 9.78. The lowest BCUT2D eigenvalue weighted by molar-refractivity contribution is -0.192. The quantitative estimate of drug-likeness (QED) is 0.636. The van der Waals surface area contributed by atoms with E-state index in [9.17, 15) is 26.4 Å². The number of amides is 1. The van der Waals surface area contributed by atoms with Crippen molar-refractivity contribution in [3.05, 3.63) is 24.4 Å². The lowest BCUT2D eigenvalue weighted by Gasteiger charge is -2.42. The number of nitrogens with zero attached hydrogens (tertiary/aromatic N) is 3. The minimum atomic E-state index is -5.08. The van der Waals surface area contributed by atoms with Gasteiger partial charge in [0.25, 0.3) is 10.0 Å². The molecule has 9 nitrogen and oxygen atoms in total. The van der Waals surface area contributed by atoms with E-state index in [1.165, 1.54) is 16.6 Å². The number of hydrogen-bond donors (Lipinski definition) is 2. The summed E-state index contributed by atoms with van der Waals surface area (Å²) in [6, 6.07) is 4.93. The molecule has 4 rings (SSSR count). The number of likely N-dealkylation sites (tertiary alicyclic amines) is 1. The monoisotopic (exact) mass is 506 g/mol. The van der Waals surface area contributed by atoms with E-state index in [2.05, 4.69) is 29.0 Å². The van der Waals surface area contributed by atoms with Crippen molar-refractivity contribution < 1.29 is 36.3 Å². The van der Waals surface area contributed by atoms with Crippen LogP contribution in [-0.4, -0.2) is 84.0 Å². The number of aromatic nitrogens is 1. The number of fused-ring (bicyclic) bond motifs is 2. The van der Waals surface area contributed by atoms with Crippen LogP contribution in [-0.2, 0) is 19.6 Å². The maximum atomic E-state index is 12.8. The largest absolute Gasteiger partial charge is 0.490 e. The van der Waals surface area contributed by atoms with Gasteiger partial charge in [-0.2, -0.15) is 17.5 Å². The molecule has 3 fully saturated rings. The number of aliphatic carboxylic acids is 1. The molecule has 1 aromatic rings. The smallest absolute Gasteiger partial charge is 0.475 e. The van der Waals surface area contributed by atoms with Gasteiger partial charge in [0.15, 0.2) is 5.03 Å². The van der Waals surface area contributed by atoms with E-state index in [4.69, 9.17) is 9.90 Å². The highest BCUT2D eigenvalue weighted by atomic mass is 32.2. The van der Waals surface area contributed by atoms with E-state index in [1.54, 1.807) is 12.1 Å². The Balaban J connectivity index is 0.000000406. The second-order valence-corrected chi connectivity index (χ2v) is 11.2. The fourth-order valence-electron chi connectivity index (χ4n) is 5.06. The lowest BCUT2D eigenvalue weighted by atomic mass is 9.76. The maximum absolute atomic E-state index is 12.8. The highest BCUT2D eigenvalue weighted by molar-refractivity contribution is 7.89. The number of halogens is 3. The molecule has 34 heavy (non-hydrogen) atoms. The minimum Gasteiger partial charge on any atom is -0.475 e. The van der Waals surface area contributed by atoms with Gasteiger partial charge in [-0.05, 0) is 30.9 Å². The first kappa shape index (κ1) is 26.4. The Morgan fingerprint density at radius 1 is 1.26 bits per heavy atom. The molecule has 1 aromatic heterocycles. The number of hydrogen-bond acceptors (Lipinski definition) is 6. The summed E-state index contributed by atoms with van der Waals surface area (Å²) in [6.07, 6.45) is -2.25. The third kappa shape index (κ3) is 5.52. The fourth-order valence-corrected chi connectivity index (χ4v) is 6.43. The van der Waals surface area contributed by atoms with Crippen LogP contribution in [0, 0.1) is 17.8 Å². The number of carboxylic acid groups (broad SMARTS) is 1. The number of carboxylic acids is 1. The first-order valence-corrected chi connectivity index (χ1v) is 12.5. The third-order valence-corrected chi connectivity index (χ3v) is 8.35. The van der Waals surface area contributed by atoms with Gasteiger partial charge >= 0.3 is 12.1 Å². The summed E-state index contributed by atoms with van der Waals surface area (Å²) in [7, 11) is -3.57. The Kier molecular flexibility index (Phi) is 7.58. The van der Waals surface area contributed by atoms with Gasteiger partial charge in [-0.3, -0.25) is 4.79 Å². The number of alkyl halides is 3. The molecule has 0 unspecified atom stereocenters. The average molecular weight is 507 g/mol. The van der Waals surface area contributed by atoms with Crippen LogP contribution >= 0.6 is 0 Å². The molecule has 13 heteroatoms. The molecule has 3 saturated heterocycles. The Morgan fingerprint density at radius 2 is 1.88 bits per heavy atom. The molecule has 0 aromatic carbocycles. The average Bonchev–Trinajstić information content (AvgIpc) is 3.27. The molecule has 0 radical (unpaired) electrons. The van der Waals surface area contributed by atoms with Crippen LogP contribution in [0.25, 0.3) is 0 Å². The molecule has 2 atom stereocenters. The molecule has 0 aliphatic carbocycles. The van der Waals surface area contributed by atoms with Gasteiger partial charge in [0, 0.05) is 50.4 Å². The van der Waals surface area contributed by atoms with Crippen molar-refractivity contribution in [1.82, 2.24) is 19.5 Å². The van der Waals surface area contributed by atoms with E-state index in [-0.39, 0.29) is 28.3 Å². The molecule has 4 heterocycles. The highest BCUT2D eigenvalue weighted by Gasteiger charge is 2.57. The van der Waals surface area contributed by atoms with Gasteiger partial charge in [0.05, 0.1) is 5.92 Å². The van der Waals surface area contributed by atoms with Crippen LogP contribution in [0.3, 0.4) is 0 Å². The van der Waals surface area contributed by atoms with Crippen LogP contribution in [0.1, 0.15) is 26.7 Å². The van der Waals surface area contributed by atoms with Gasteiger partial charge in [-0.25, -0.2) is 18.2 Å². The number of carbonyl (C=O) groups excluding carboxylic acids is 1. The molecular formula is C21H29F3N4O5S. The second-order valence-electron chi connectivity index (χ2n) is 9.35. The Morgan fingerprint density at radius 3 is 2.38 bits per heavy atom. The molecule has 0 bridgehead atoms. The minimum absolute atomic E-state index is 0.0442. The van der Waals surface area contributed by atoms with Crippen molar-refractivity contribution in [2.24, 2.45) is 17.8 Å². The lowest BCUT2D eigenvalue weighted by Crippen LogP contribution is -2.56. The van der Waals surface area contributed by atoms with Crippen molar-refractivity contribution in [2.45, 2.75) is 43.4 Å². The van der Waals surface area contributed by atoms with Crippen LogP contribution < -0.4 is 5.32 Å². The fraction of sp³-hybridized carbons (Fsp3) is 0.667. The van der Waals surface area contributed by atoms with Crippen molar-refractivity contribution in [3.8, 4) is 0 Å². The van der Waals surface area contributed by atoms with Crippen LogP contribution in [0.15, 0.2) is 29.4 Å². The Hall–Kier alpha value is -2.25. The summed E-state index contributed by atoms with van der Waals surface area (Å²) in [4.78, 5) is 27.9. The van der Waals surface area contributed by atoms with Gasteiger partial charge in [-0.15, -0.1) is 0 Å². The molecule has 190 valence electrons. The SMILES string of the molecule is CC(C)CN1C[C@H]2C(=O)NC3(CCN(S(=O)(=O)c4ccccn4)CC3)[C@H]2C1.O=C(O)C(F)(F)F. The summed E-state index contributed by atoms with van der Waals surface area (Å²) in [6.45, 7) is 8.01. The Labute approximate surface area is 196 Å². The normalized spacial score (nSPS) is 25.1. The van der Waals surface area contributed by atoms with E-state index < -0.39 is 22.2 Å². The van der Waals surface area contributed by atoms with E-state index in [0.29, 0.717) is 31.8 Å². The van der Waals surface area contributed by atoms with Gasteiger partial charge < -0.3 is 15.3 Å². The topological polar surface area (TPSA) is 120 Å². The zero-order valence-electron chi connectivity index (χ0n) is 19.0. The van der Waals surface area contributed by atoms with Crippen molar-refractivity contribution >= 4 is 21.9 Å². The summed E-state index contributed by atoms with van der Waals surface area (Å²) in [5.41, 5.74) is -0.260. The van der Waals surface area contributed by atoms with E-state index >= 15 is 0 Å². The molecule has 2 N–H and O–H groups in total. The number of pyridine rings is 1. The van der Waals surface area contributed by atoms with Crippen molar-refractivity contribution in [3.63, 3.8) is 0 Å². The van der Waals surface area contributed by atoms with Crippen LogP contribution in [0.2, 0.25) is 0 Å². The standard InChI is InChI=1S/C19H28N4O3S.C2HF3O2/c1-14(2)11-22-12-15-16(13-22)19(21-18(15)24)6-9-23(10-7-19)27(25,26)17-5-3-4-8-20-17;3-2(4,5)1(6)7/h3-5,8,14-16H,6-7,9-13H2,1-2H3,(H,21,24);(H,6,7)/t15-,16+;/m1./s1. The zero-order chi connectivity index (χ0) is 25.3. The number of sulfonamides is 1.